The molecule has 0 bridgehead atoms. The summed E-state index contributed by atoms with van der Waals surface area (Å²) < 4.78 is 10.9. The van der Waals surface area contributed by atoms with E-state index in [-0.39, 0.29) is 24.2 Å². The molecule has 0 saturated carbocycles. The number of ether oxygens (including phenoxy) is 2. The summed E-state index contributed by atoms with van der Waals surface area (Å²) in [6.07, 6.45) is 1.85. The van der Waals surface area contributed by atoms with E-state index in [1.165, 1.54) is 0 Å². The van der Waals surface area contributed by atoms with Crippen LogP contribution in [-0.4, -0.2) is 42.3 Å². The highest BCUT2D eigenvalue weighted by Gasteiger charge is 2.24. The van der Waals surface area contributed by atoms with Gasteiger partial charge in [-0.1, -0.05) is 6.07 Å². The fraction of sp³-hybridized carbons (Fsp3) is 0.360. The third-order valence-corrected chi connectivity index (χ3v) is 5.83. The van der Waals surface area contributed by atoms with E-state index in [0.29, 0.717) is 30.2 Å². The van der Waals surface area contributed by atoms with Crippen molar-refractivity contribution in [1.29, 1.82) is 0 Å². The van der Waals surface area contributed by atoms with Crippen LogP contribution in [0.15, 0.2) is 47.3 Å². The Kier molecular flexibility index (Phi) is 6.46. The summed E-state index contributed by atoms with van der Waals surface area (Å²) in [7, 11) is 1.60. The van der Waals surface area contributed by atoms with Crippen LogP contribution in [-0.2, 0) is 11.3 Å². The van der Waals surface area contributed by atoms with Gasteiger partial charge in [0.1, 0.15) is 5.75 Å². The number of fused-ring (bicyclic) bond motifs is 1. The van der Waals surface area contributed by atoms with E-state index in [1.54, 1.807) is 36.3 Å². The van der Waals surface area contributed by atoms with Crippen LogP contribution < -0.4 is 15.6 Å². The SMILES string of the molecule is COc1ccc(NC(=O)N(Cc2cc3c(C)cc(C)cc3[nH]c2=O)C[C@H]2CCCO2)cc1. The predicted octanol–water partition coefficient (Wildman–Crippen LogP) is 4.37. The minimum Gasteiger partial charge on any atom is -0.497 e. The number of aromatic amines is 1. The standard InChI is InChI=1S/C25H29N3O4/c1-16-11-17(2)22-13-18(24(29)27-23(22)12-16)14-28(15-21-5-4-10-32-21)25(30)26-19-6-8-20(31-3)9-7-19/h6-9,11-13,21H,4-5,10,14-15H2,1-3H3,(H,26,30)(H,27,29)/t21-/m1/s1. The first-order chi connectivity index (χ1) is 15.4. The molecule has 1 aliphatic rings. The van der Waals surface area contributed by atoms with Crippen LogP contribution in [0.4, 0.5) is 10.5 Å². The van der Waals surface area contributed by atoms with Crippen molar-refractivity contribution in [1.82, 2.24) is 9.88 Å². The number of hydrogen-bond donors (Lipinski definition) is 2. The number of amides is 2. The summed E-state index contributed by atoms with van der Waals surface area (Å²) in [5.74, 6) is 0.715. The maximum atomic E-state index is 13.2. The Labute approximate surface area is 187 Å². The Morgan fingerprint density at radius 1 is 1.22 bits per heavy atom. The minimum absolute atomic E-state index is 0.0273. The van der Waals surface area contributed by atoms with Crippen molar-refractivity contribution < 1.29 is 14.3 Å². The number of nitrogens with one attached hydrogen (secondary N) is 2. The van der Waals surface area contributed by atoms with Gasteiger partial charge in [-0.3, -0.25) is 4.79 Å². The van der Waals surface area contributed by atoms with E-state index in [0.717, 1.165) is 34.9 Å². The summed E-state index contributed by atoms with van der Waals surface area (Å²) in [6.45, 7) is 5.35. The van der Waals surface area contributed by atoms with Gasteiger partial charge in [0.25, 0.3) is 5.56 Å². The van der Waals surface area contributed by atoms with Crippen LogP contribution >= 0.6 is 0 Å². The molecule has 0 unspecified atom stereocenters. The molecule has 3 aromatic rings. The maximum Gasteiger partial charge on any atom is 0.322 e. The first-order valence-electron chi connectivity index (χ1n) is 10.9. The fourth-order valence-electron chi connectivity index (χ4n) is 4.17. The van der Waals surface area contributed by atoms with Gasteiger partial charge in [-0.25, -0.2) is 4.79 Å². The largest absolute Gasteiger partial charge is 0.497 e. The molecule has 0 radical (unpaired) electrons. The summed E-state index contributed by atoms with van der Waals surface area (Å²) in [5.41, 5.74) is 4.02. The van der Waals surface area contributed by atoms with Gasteiger partial charge >= 0.3 is 6.03 Å². The lowest BCUT2D eigenvalue weighted by Crippen LogP contribution is -2.40. The van der Waals surface area contributed by atoms with E-state index < -0.39 is 0 Å². The summed E-state index contributed by atoms with van der Waals surface area (Å²) in [5, 5.41) is 3.91. The number of anilines is 1. The molecule has 0 aliphatic carbocycles. The molecule has 1 saturated heterocycles. The minimum atomic E-state index is -0.272. The van der Waals surface area contributed by atoms with E-state index in [4.69, 9.17) is 9.47 Å². The number of hydrogen-bond acceptors (Lipinski definition) is 4. The number of carbonyl (C=O) groups is 1. The number of methoxy groups -OCH3 is 1. The quantitative estimate of drug-likeness (QED) is 0.602. The number of rotatable bonds is 6. The molecule has 1 aromatic heterocycles. The molecule has 168 valence electrons. The van der Waals surface area contributed by atoms with Gasteiger partial charge in [-0.2, -0.15) is 0 Å². The topological polar surface area (TPSA) is 83.7 Å². The Bertz CT molecular complexity index is 1160. The van der Waals surface area contributed by atoms with Crippen molar-refractivity contribution in [3.8, 4) is 5.75 Å². The molecule has 1 aliphatic heterocycles. The number of carbonyl (C=O) groups excluding carboxylic acids is 1. The zero-order valence-electron chi connectivity index (χ0n) is 18.7. The third-order valence-electron chi connectivity index (χ3n) is 5.83. The molecule has 32 heavy (non-hydrogen) atoms. The third kappa shape index (κ3) is 4.94. The normalized spacial score (nSPS) is 15.7. The van der Waals surface area contributed by atoms with Gasteiger partial charge in [-0.15, -0.1) is 0 Å². The van der Waals surface area contributed by atoms with Crippen molar-refractivity contribution in [2.45, 2.75) is 39.3 Å². The highest BCUT2D eigenvalue weighted by atomic mass is 16.5. The van der Waals surface area contributed by atoms with Crippen molar-refractivity contribution in [3.63, 3.8) is 0 Å². The molecular weight excluding hydrogens is 406 g/mol. The molecule has 2 aromatic carbocycles. The molecule has 4 rings (SSSR count). The predicted molar refractivity (Wildman–Crippen MR) is 125 cm³/mol. The Balaban J connectivity index is 1.60. The monoisotopic (exact) mass is 435 g/mol. The number of nitrogens with zero attached hydrogens (tertiary/aromatic N) is 1. The number of aromatic nitrogens is 1. The number of benzene rings is 2. The second-order valence-electron chi connectivity index (χ2n) is 8.34. The van der Waals surface area contributed by atoms with Crippen molar-refractivity contribution in [2.24, 2.45) is 0 Å². The Morgan fingerprint density at radius 3 is 2.69 bits per heavy atom. The highest BCUT2D eigenvalue weighted by molar-refractivity contribution is 5.89. The van der Waals surface area contributed by atoms with Gasteiger partial charge in [0, 0.05) is 35.3 Å². The van der Waals surface area contributed by atoms with E-state index >= 15 is 0 Å². The molecular formula is C25H29N3O4. The average molecular weight is 436 g/mol. The number of H-pyrrole nitrogens is 1. The van der Waals surface area contributed by atoms with E-state index in [9.17, 15) is 9.59 Å². The lowest BCUT2D eigenvalue weighted by Gasteiger charge is -2.26. The van der Waals surface area contributed by atoms with Gasteiger partial charge in [-0.05, 0) is 74.2 Å². The Morgan fingerprint density at radius 2 is 2.00 bits per heavy atom. The first kappa shape index (κ1) is 21.9. The molecule has 7 heteroatoms. The van der Waals surface area contributed by atoms with Gasteiger partial charge in [0.15, 0.2) is 0 Å². The second kappa shape index (κ2) is 9.44. The van der Waals surface area contributed by atoms with Gasteiger partial charge in [0.05, 0.1) is 19.8 Å². The van der Waals surface area contributed by atoms with Crippen LogP contribution in [0.5, 0.6) is 5.75 Å². The fourth-order valence-corrected chi connectivity index (χ4v) is 4.17. The van der Waals surface area contributed by atoms with Crippen LogP contribution in [0.25, 0.3) is 10.9 Å². The van der Waals surface area contributed by atoms with Crippen LogP contribution in [0.2, 0.25) is 0 Å². The maximum absolute atomic E-state index is 13.2. The van der Waals surface area contributed by atoms with Crippen LogP contribution in [0, 0.1) is 13.8 Å². The van der Waals surface area contributed by atoms with E-state index in [1.807, 2.05) is 26.0 Å². The van der Waals surface area contributed by atoms with Gasteiger partial charge < -0.3 is 24.7 Å². The second-order valence-corrected chi connectivity index (χ2v) is 8.34. The lowest BCUT2D eigenvalue weighted by atomic mass is 10.0. The number of urea groups is 1. The summed E-state index contributed by atoms with van der Waals surface area (Å²) in [6, 6.07) is 12.8. The van der Waals surface area contributed by atoms with Crippen molar-refractivity contribution in [2.75, 3.05) is 25.6 Å². The first-order valence-corrected chi connectivity index (χ1v) is 10.9. The number of aryl methyl sites for hydroxylation is 2. The summed E-state index contributed by atoms with van der Waals surface area (Å²) in [4.78, 5) is 30.6. The molecule has 2 amide bonds. The molecule has 1 atom stereocenters. The van der Waals surface area contributed by atoms with Crippen molar-refractivity contribution >= 4 is 22.6 Å². The smallest absolute Gasteiger partial charge is 0.322 e. The lowest BCUT2D eigenvalue weighted by molar-refractivity contribution is 0.0818. The Hall–Kier alpha value is -3.32. The molecule has 2 heterocycles. The zero-order valence-corrected chi connectivity index (χ0v) is 18.7. The molecule has 1 fully saturated rings. The summed E-state index contributed by atoms with van der Waals surface area (Å²) >= 11 is 0. The van der Waals surface area contributed by atoms with Crippen molar-refractivity contribution in [3.05, 3.63) is 69.5 Å². The molecule has 0 spiro atoms. The van der Waals surface area contributed by atoms with Crippen LogP contribution in [0.3, 0.4) is 0 Å². The van der Waals surface area contributed by atoms with Crippen LogP contribution in [0.1, 0.15) is 29.5 Å². The molecule has 2 N–H and O–H groups in total. The molecule has 7 nitrogen and oxygen atoms in total. The average Bonchev–Trinajstić information content (AvgIpc) is 3.27. The van der Waals surface area contributed by atoms with Gasteiger partial charge in [0.2, 0.25) is 0 Å². The zero-order chi connectivity index (χ0) is 22.7. The number of pyridine rings is 1. The van der Waals surface area contributed by atoms with E-state index in [2.05, 4.69) is 16.4 Å². The highest BCUT2D eigenvalue weighted by Crippen LogP contribution is 2.21.